The SMILES string of the molecule is Cc1cc2nc(C)c(CCC(=O)NC(C)c3cc(F)c(Cl)cc3Cl)c(C)n2n1. The maximum absolute atomic E-state index is 13.7. The summed E-state index contributed by atoms with van der Waals surface area (Å²) >= 11 is 11.9. The predicted octanol–water partition coefficient (Wildman–Crippen LogP) is 4.91. The van der Waals surface area contributed by atoms with Crippen LogP contribution in [0.2, 0.25) is 10.0 Å². The monoisotopic (exact) mass is 422 g/mol. The minimum Gasteiger partial charge on any atom is -0.350 e. The van der Waals surface area contributed by atoms with E-state index in [1.807, 2.05) is 26.8 Å². The van der Waals surface area contributed by atoms with Gasteiger partial charge >= 0.3 is 0 Å². The average Bonchev–Trinajstić information content (AvgIpc) is 2.98. The molecule has 1 amide bonds. The minimum atomic E-state index is -0.567. The lowest BCUT2D eigenvalue weighted by atomic mass is 10.0. The largest absolute Gasteiger partial charge is 0.350 e. The predicted molar refractivity (Wildman–Crippen MR) is 108 cm³/mol. The molecule has 8 heteroatoms. The molecule has 1 aromatic carbocycles. The van der Waals surface area contributed by atoms with E-state index in [0.29, 0.717) is 17.0 Å². The third kappa shape index (κ3) is 4.13. The Bertz CT molecular complexity index is 1060. The number of hydrogen-bond donors (Lipinski definition) is 1. The highest BCUT2D eigenvalue weighted by atomic mass is 35.5. The number of halogens is 3. The first kappa shape index (κ1) is 20.6. The van der Waals surface area contributed by atoms with E-state index in [-0.39, 0.29) is 17.4 Å². The molecule has 1 atom stereocenters. The van der Waals surface area contributed by atoms with Gasteiger partial charge in [0.2, 0.25) is 5.91 Å². The highest BCUT2D eigenvalue weighted by Gasteiger charge is 2.17. The van der Waals surface area contributed by atoms with Gasteiger partial charge in [-0.15, -0.1) is 0 Å². The lowest BCUT2D eigenvalue weighted by Gasteiger charge is -2.17. The lowest BCUT2D eigenvalue weighted by Crippen LogP contribution is -2.27. The van der Waals surface area contributed by atoms with Gasteiger partial charge in [0, 0.05) is 28.9 Å². The molecule has 28 heavy (non-hydrogen) atoms. The van der Waals surface area contributed by atoms with Crippen molar-refractivity contribution in [1.82, 2.24) is 19.9 Å². The van der Waals surface area contributed by atoms with E-state index in [4.69, 9.17) is 23.2 Å². The Morgan fingerprint density at radius 3 is 2.64 bits per heavy atom. The van der Waals surface area contributed by atoms with Gasteiger partial charge in [0.1, 0.15) is 5.82 Å². The van der Waals surface area contributed by atoms with Gasteiger partial charge in [0.05, 0.1) is 16.8 Å². The number of hydrogen-bond acceptors (Lipinski definition) is 3. The normalized spacial score (nSPS) is 12.4. The summed E-state index contributed by atoms with van der Waals surface area (Å²) in [7, 11) is 0. The van der Waals surface area contributed by atoms with Crippen molar-refractivity contribution in [1.29, 1.82) is 0 Å². The fourth-order valence-corrected chi connectivity index (χ4v) is 3.85. The highest BCUT2D eigenvalue weighted by Crippen LogP contribution is 2.28. The molecule has 148 valence electrons. The smallest absolute Gasteiger partial charge is 0.220 e. The standard InChI is InChI=1S/C20H21Cl2FN4O/c1-10-7-19-24-11(2)14(13(4)27(19)26-10)5-6-20(28)25-12(3)15-8-18(23)17(22)9-16(15)21/h7-9,12H,5-6H2,1-4H3,(H,25,28). The molecular weight excluding hydrogens is 402 g/mol. The number of carbonyl (C=O) groups is 1. The van der Waals surface area contributed by atoms with Crippen LogP contribution in [0.3, 0.4) is 0 Å². The number of aromatic nitrogens is 3. The first-order chi connectivity index (χ1) is 13.2. The summed E-state index contributed by atoms with van der Waals surface area (Å²) < 4.78 is 15.5. The molecule has 0 aliphatic rings. The number of fused-ring (bicyclic) bond motifs is 1. The fraction of sp³-hybridized carbons (Fsp3) is 0.350. The zero-order valence-electron chi connectivity index (χ0n) is 16.1. The molecule has 2 heterocycles. The van der Waals surface area contributed by atoms with Gasteiger partial charge in [-0.25, -0.2) is 13.9 Å². The molecule has 3 rings (SSSR count). The fourth-order valence-electron chi connectivity index (χ4n) is 3.30. The Morgan fingerprint density at radius 1 is 1.21 bits per heavy atom. The van der Waals surface area contributed by atoms with E-state index < -0.39 is 11.9 Å². The molecule has 0 bridgehead atoms. The van der Waals surface area contributed by atoms with E-state index in [1.54, 1.807) is 11.4 Å². The third-order valence-corrected chi connectivity index (χ3v) is 5.39. The lowest BCUT2D eigenvalue weighted by molar-refractivity contribution is -0.121. The third-order valence-electron chi connectivity index (χ3n) is 4.77. The summed E-state index contributed by atoms with van der Waals surface area (Å²) in [5, 5.41) is 7.57. The number of nitrogens with one attached hydrogen (secondary N) is 1. The van der Waals surface area contributed by atoms with Crippen molar-refractivity contribution in [2.45, 2.75) is 46.6 Å². The number of nitrogens with zero attached hydrogens (tertiary/aromatic N) is 3. The Kier molecular flexibility index (Phi) is 5.91. The Labute approximate surface area is 172 Å². The molecule has 0 saturated heterocycles. The number of benzene rings is 1. The van der Waals surface area contributed by atoms with Crippen LogP contribution in [-0.2, 0) is 11.2 Å². The molecule has 5 nitrogen and oxygen atoms in total. The van der Waals surface area contributed by atoms with E-state index in [0.717, 1.165) is 28.3 Å². The van der Waals surface area contributed by atoms with Crippen molar-refractivity contribution >= 4 is 34.8 Å². The van der Waals surface area contributed by atoms with Crippen LogP contribution in [0, 0.1) is 26.6 Å². The first-order valence-corrected chi connectivity index (χ1v) is 9.69. The van der Waals surface area contributed by atoms with Crippen molar-refractivity contribution < 1.29 is 9.18 Å². The minimum absolute atomic E-state index is 0.0463. The molecule has 0 saturated carbocycles. The van der Waals surface area contributed by atoms with E-state index >= 15 is 0 Å². The molecule has 2 aromatic heterocycles. The van der Waals surface area contributed by atoms with Crippen LogP contribution >= 0.6 is 23.2 Å². The number of rotatable bonds is 5. The Hall–Kier alpha value is -2.18. The molecule has 0 aliphatic carbocycles. The Morgan fingerprint density at radius 2 is 1.93 bits per heavy atom. The van der Waals surface area contributed by atoms with E-state index in [2.05, 4.69) is 15.4 Å². The molecule has 0 radical (unpaired) electrons. The van der Waals surface area contributed by atoms with Crippen molar-refractivity contribution in [3.63, 3.8) is 0 Å². The quantitative estimate of drug-likeness (QED) is 0.594. The zero-order valence-corrected chi connectivity index (χ0v) is 17.6. The topological polar surface area (TPSA) is 59.3 Å². The van der Waals surface area contributed by atoms with Crippen LogP contribution in [0.15, 0.2) is 18.2 Å². The average molecular weight is 423 g/mol. The molecule has 0 fully saturated rings. The second-order valence-corrected chi connectivity index (χ2v) is 7.71. The molecule has 3 aromatic rings. The van der Waals surface area contributed by atoms with Gasteiger partial charge in [-0.2, -0.15) is 5.10 Å². The van der Waals surface area contributed by atoms with E-state index in [1.165, 1.54) is 12.1 Å². The summed E-state index contributed by atoms with van der Waals surface area (Å²) in [6.45, 7) is 7.58. The van der Waals surface area contributed by atoms with E-state index in [9.17, 15) is 9.18 Å². The van der Waals surface area contributed by atoms with Crippen LogP contribution in [-0.4, -0.2) is 20.5 Å². The number of carbonyl (C=O) groups excluding carboxylic acids is 1. The van der Waals surface area contributed by atoms with Gasteiger partial charge in [-0.1, -0.05) is 23.2 Å². The summed E-state index contributed by atoms with van der Waals surface area (Å²) in [6, 6.07) is 4.08. The molecular formula is C20H21Cl2FN4O. The van der Waals surface area contributed by atoms with Crippen LogP contribution < -0.4 is 5.32 Å². The van der Waals surface area contributed by atoms with Gasteiger partial charge in [-0.3, -0.25) is 4.79 Å². The molecule has 0 spiro atoms. The zero-order chi connectivity index (χ0) is 20.6. The number of amides is 1. The number of aryl methyl sites for hydroxylation is 3. The van der Waals surface area contributed by atoms with Crippen molar-refractivity contribution in [3.8, 4) is 0 Å². The molecule has 1 unspecified atom stereocenters. The highest BCUT2D eigenvalue weighted by molar-refractivity contribution is 6.35. The van der Waals surface area contributed by atoms with Gasteiger partial charge in [-0.05, 0) is 57.4 Å². The van der Waals surface area contributed by atoms with Crippen LogP contribution in [0.1, 0.15) is 47.6 Å². The van der Waals surface area contributed by atoms with Crippen molar-refractivity contribution in [3.05, 3.63) is 62.3 Å². The van der Waals surface area contributed by atoms with Crippen molar-refractivity contribution in [2.24, 2.45) is 0 Å². The maximum atomic E-state index is 13.7. The van der Waals surface area contributed by atoms with Crippen LogP contribution in [0.5, 0.6) is 0 Å². The molecule has 0 aliphatic heterocycles. The Balaban J connectivity index is 1.71. The first-order valence-electron chi connectivity index (χ1n) is 8.93. The summed E-state index contributed by atoms with van der Waals surface area (Å²) in [5.74, 6) is -0.725. The maximum Gasteiger partial charge on any atom is 0.220 e. The summed E-state index contributed by atoms with van der Waals surface area (Å²) in [6.07, 6.45) is 0.800. The second-order valence-electron chi connectivity index (χ2n) is 6.89. The van der Waals surface area contributed by atoms with Crippen LogP contribution in [0.4, 0.5) is 4.39 Å². The second kappa shape index (κ2) is 8.05. The molecule has 1 N–H and O–H groups in total. The summed E-state index contributed by atoms with van der Waals surface area (Å²) in [5.41, 5.74) is 5.03. The van der Waals surface area contributed by atoms with Crippen molar-refractivity contribution in [2.75, 3.05) is 0 Å². The van der Waals surface area contributed by atoms with Crippen LogP contribution in [0.25, 0.3) is 5.65 Å². The van der Waals surface area contributed by atoms with Gasteiger partial charge < -0.3 is 5.32 Å². The van der Waals surface area contributed by atoms with Gasteiger partial charge in [0.15, 0.2) is 5.65 Å². The van der Waals surface area contributed by atoms with Gasteiger partial charge in [0.25, 0.3) is 0 Å². The summed E-state index contributed by atoms with van der Waals surface area (Å²) in [4.78, 5) is 17.0.